The predicted octanol–water partition coefficient (Wildman–Crippen LogP) is 3.17. The van der Waals surface area contributed by atoms with Gasteiger partial charge in [-0.25, -0.2) is 8.42 Å². The van der Waals surface area contributed by atoms with Crippen molar-refractivity contribution in [2.24, 2.45) is 0 Å². The van der Waals surface area contributed by atoms with E-state index < -0.39 is 10.0 Å². The second-order valence-corrected chi connectivity index (χ2v) is 8.78. The van der Waals surface area contributed by atoms with E-state index in [4.69, 9.17) is 4.74 Å². The number of nitrogens with one attached hydrogen (secondary N) is 1. The Kier molecular flexibility index (Phi) is 7.45. The van der Waals surface area contributed by atoms with Crippen molar-refractivity contribution in [2.75, 3.05) is 24.2 Å². The van der Waals surface area contributed by atoms with Crippen LogP contribution in [0.4, 0.5) is 5.69 Å². The molecule has 152 valence electrons. The van der Waals surface area contributed by atoms with Gasteiger partial charge in [-0.15, -0.1) is 0 Å². The molecule has 2 rings (SSSR count). The molecule has 0 atom stereocenters. The van der Waals surface area contributed by atoms with E-state index in [-0.39, 0.29) is 18.9 Å². The molecule has 0 aromatic heterocycles. The molecule has 0 aliphatic carbocycles. The van der Waals surface area contributed by atoms with Crippen LogP contribution in [0.3, 0.4) is 0 Å². The van der Waals surface area contributed by atoms with Crippen molar-refractivity contribution in [2.45, 2.75) is 33.2 Å². The minimum Gasteiger partial charge on any atom is -0.496 e. The van der Waals surface area contributed by atoms with Gasteiger partial charge in [0.25, 0.3) is 0 Å². The Morgan fingerprint density at radius 3 is 2.36 bits per heavy atom. The van der Waals surface area contributed by atoms with E-state index in [0.29, 0.717) is 18.7 Å². The van der Waals surface area contributed by atoms with E-state index in [1.807, 2.05) is 56.3 Å². The third kappa shape index (κ3) is 6.27. The highest BCUT2D eigenvalue weighted by atomic mass is 32.2. The number of carbonyl (C=O) groups is 1. The van der Waals surface area contributed by atoms with Gasteiger partial charge in [0.05, 0.1) is 19.1 Å². The molecular weight excluding hydrogens is 376 g/mol. The number of anilines is 1. The molecule has 0 unspecified atom stereocenters. The molecule has 2 aromatic carbocycles. The van der Waals surface area contributed by atoms with Gasteiger partial charge in [0, 0.05) is 25.1 Å². The normalized spacial score (nSPS) is 11.1. The zero-order chi connectivity index (χ0) is 20.7. The molecule has 1 amide bonds. The SMILES string of the molecule is COc1ccccc1CNC(=O)CCCN(c1cc(C)cc(C)c1)S(C)(=O)=O. The van der Waals surface area contributed by atoms with Crippen LogP contribution in [0.5, 0.6) is 5.75 Å². The number of benzene rings is 2. The average molecular weight is 405 g/mol. The number of nitrogens with zero attached hydrogens (tertiary/aromatic N) is 1. The van der Waals surface area contributed by atoms with Crippen LogP contribution in [-0.2, 0) is 21.4 Å². The van der Waals surface area contributed by atoms with Gasteiger partial charge in [-0.3, -0.25) is 9.10 Å². The molecule has 0 radical (unpaired) electrons. The van der Waals surface area contributed by atoms with E-state index in [2.05, 4.69) is 5.32 Å². The minimum atomic E-state index is -3.43. The number of hydrogen-bond acceptors (Lipinski definition) is 4. The van der Waals surface area contributed by atoms with Gasteiger partial charge < -0.3 is 10.1 Å². The summed E-state index contributed by atoms with van der Waals surface area (Å²) in [5.41, 5.74) is 3.53. The first-order chi connectivity index (χ1) is 13.2. The summed E-state index contributed by atoms with van der Waals surface area (Å²) >= 11 is 0. The van der Waals surface area contributed by atoms with E-state index in [0.717, 1.165) is 22.4 Å². The lowest BCUT2D eigenvalue weighted by atomic mass is 10.1. The smallest absolute Gasteiger partial charge is 0.232 e. The number of hydrogen-bond donors (Lipinski definition) is 1. The second-order valence-electron chi connectivity index (χ2n) is 6.87. The molecule has 0 saturated heterocycles. The topological polar surface area (TPSA) is 75.7 Å². The van der Waals surface area contributed by atoms with E-state index in [9.17, 15) is 13.2 Å². The molecule has 0 aliphatic rings. The number of para-hydroxylation sites is 1. The lowest BCUT2D eigenvalue weighted by Gasteiger charge is -2.23. The van der Waals surface area contributed by atoms with Crippen molar-refractivity contribution in [3.05, 3.63) is 59.2 Å². The average Bonchev–Trinajstić information content (AvgIpc) is 2.61. The monoisotopic (exact) mass is 404 g/mol. The summed E-state index contributed by atoms with van der Waals surface area (Å²) in [7, 11) is -1.84. The number of aryl methyl sites for hydroxylation is 2. The summed E-state index contributed by atoms with van der Waals surface area (Å²) in [6, 6.07) is 13.2. The van der Waals surface area contributed by atoms with Gasteiger partial charge in [-0.05, 0) is 49.6 Å². The maximum atomic E-state index is 12.2. The van der Waals surface area contributed by atoms with Crippen LogP contribution in [0.2, 0.25) is 0 Å². The maximum Gasteiger partial charge on any atom is 0.232 e. The zero-order valence-corrected chi connectivity index (χ0v) is 17.7. The van der Waals surface area contributed by atoms with Gasteiger partial charge in [0.1, 0.15) is 5.75 Å². The highest BCUT2D eigenvalue weighted by Gasteiger charge is 2.18. The lowest BCUT2D eigenvalue weighted by molar-refractivity contribution is -0.121. The quantitative estimate of drug-likeness (QED) is 0.696. The first-order valence-electron chi connectivity index (χ1n) is 9.15. The summed E-state index contributed by atoms with van der Waals surface area (Å²) < 4.78 is 31.1. The number of rotatable bonds is 9. The van der Waals surface area contributed by atoms with E-state index in [1.54, 1.807) is 7.11 Å². The summed E-state index contributed by atoms with van der Waals surface area (Å²) in [5.74, 6) is 0.598. The van der Waals surface area contributed by atoms with Gasteiger partial charge >= 0.3 is 0 Å². The fourth-order valence-electron chi connectivity index (χ4n) is 3.10. The Bertz CT molecular complexity index is 906. The summed E-state index contributed by atoms with van der Waals surface area (Å²) in [4.78, 5) is 12.2. The van der Waals surface area contributed by atoms with Gasteiger partial charge in [-0.2, -0.15) is 0 Å². The zero-order valence-electron chi connectivity index (χ0n) is 16.9. The fraction of sp³-hybridized carbons (Fsp3) is 0.381. The molecule has 0 fully saturated rings. The van der Waals surface area contributed by atoms with Crippen LogP contribution >= 0.6 is 0 Å². The number of carbonyl (C=O) groups excluding carboxylic acids is 1. The molecule has 0 heterocycles. The lowest BCUT2D eigenvalue weighted by Crippen LogP contribution is -2.32. The molecule has 0 spiro atoms. The molecule has 28 heavy (non-hydrogen) atoms. The molecular formula is C21H28N2O4S. The van der Waals surface area contributed by atoms with E-state index in [1.165, 1.54) is 10.6 Å². The van der Waals surface area contributed by atoms with Crippen LogP contribution in [0.25, 0.3) is 0 Å². The highest BCUT2D eigenvalue weighted by molar-refractivity contribution is 7.92. The standard InChI is InChI=1S/C21H28N2O4S/c1-16-12-17(2)14-19(13-16)23(28(4,25)26)11-7-10-21(24)22-15-18-8-5-6-9-20(18)27-3/h5-6,8-9,12-14H,7,10-11,15H2,1-4H3,(H,22,24). The molecule has 2 aromatic rings. The van der Waals surface area contributed by atoms with Crippen LogP contribution in [0.1, 0.15) is 29.5 Å². The number of methoxy groups -OCH3 is 1. The largest absolute Gasteiger partial charge is 0.496 e. The molecule has 1 N–H and O–H groups in total. The first-order valence-corrected chi connectivity index (χ1v) is 11.0. The third-order valence-electron chi connectivity index (χ3n) is 4.33. The summed E-state index contributed by atoms with van der Waals surface area (Å²) in [5, 5.41) is 2.86. The summed E-state index contributed by atoms with van der Waals surface area (Å²) in [6.45, 7) is 4.49. The Morgan fingerprint density at radius 1 is 1.11 bits per heavy atom. The van der Waals surface area contributed by atoms with Crippen LogP contribution in [0, 0.1) is 13.8 Å². The minimum absolute atomic E-state index is 0.125. The van der Waals surface area contributed by atoms with Crippen LogP contribution in [-0.4, -0.2) is 34.2 Å². The highest BCUT2D eigenvalue weighted by Crippen LogP contribution is 2.22. The van der Waals surface area contributed by atoms with Crippen molar-refractivity contribution in [3.63, 3.8) is 0 Å². The molecule has 7 heteroatoms. The third-order valence-corrected chi connectivity index (χ3v) is 5.52. The number of amides is 1. The summed E-state index contributed by atoms with van der Waals surface area (Å²) in [6.07, 6.45) is 1.86. The predicted molar refractivity (Wildman–Crippen MR) is 112 cm³/mol. The molecule has 0 bridgehead atoms. The molecule has 0 saturated carbocycles. The van der Waals surface area contributed by atoms with Crippen molar-refractivity contribution in [3.8, 4) is 5.75 Å². The number of ether oxygens (including phenoxy) is 1. The fourth-order valence-corrected chi connectivity index (χ4v) is 4.04. The Hall–Kier alpha value is -2.54. The molecule has 0 aliphatic heterocycles. The van der Waals surface area contributed by atoms with Crippen LogP contribution in [0.15, 0.2) is 42.5 Å². The van der Waals surface area contributed by atoms with Crippen molar-refractivity contribution < 1.29 is 17.9 Å². The Morgan fingerprint density at radius 2 is 1.75 bits per heavy atom. The van der Waals surface area contributed by atoms with Crippen molar-refractivity contribution in [1.82, 2.24) is 5.32 Å². The number of sulfonamides is 1. The first kappa shape index (κ1) is 21.8. The van der Waals surface area contributed by atoms with Crippen LogP contribution < -0.4 is 14.4 Å². The van der Waals surface area contributed by atoms with Crippen molar-refractivity contribution >= 4 is 21.6 Å². The van der Waals surface area contributed by atoms with Gasteiger partial charge in [-0.1, -0.05) is 24.3 Å². The van der Waals surface area contributed by atoms with Gasteiger partial charge in [0.2, 0.25) is 15.9 Å². The molecule has 6 nitrogen and oxygen atoms in total. The Balaban J connectivity index is 1.94. The maximum absolute atomic E-state index is 12.2. The second kappa shape index (κ2) is 9.59. The Labute approximate surface area is 167 Å². The van der Waals surface area contributed by atoms with Gasteiger partial charge in [0.15, 0.2) is 0 Å². The van der Waals surface area contributed by atoms with Crippen molar-refractivity contribution in [1.29, 1.82) is 0 Å². The van der Waals surface area contributed by atoms with E-state index >= 15 is 0 Å².